The van der Waals surface area contributed by atoms with E-state index in [1.165, 1.54) is 39.0 Å². The highest BCUT2D eigenvalue weighted by Gasteiger charge is 2.44. The Labute approximate surface area is 197 Å². The maximum atomic E-state index is 13.9. The largest absolute Gasteiger partial charge is 0.416 e. The van der Waals surface area contributed by atoms with Gasteiger partial charge < -0.3 is 14.9 Å². The number of anilines is 1. The van der Waals surface area contributed by atoms with Gasteiger partial charge in [-0.2, -0.15) is 13.2 Å². The molecule has 3 rings (SSSR count). The molecular weight excluding hydrogens is 468 g/mol. The van der Waals surface area contributed by atoms with E-state index in [9.17, 15) is 32.3 Å². The minimum absolute atomic E-state index is 0.189. The highest BCUT2D eigenvalue weighted by molar-refractivity contribution is 6.01. The maximum Gasteiger partial charge on any atom is 0.416 e. The SMILES string of the molecule is CC#CC(O)(CC(C)(C)c1cc(F)ccc1C(F)(F)F)C(=O)Nc1ccc2c(=O)onc(C)c2c1. The molecule has 1 aromatic heterocycles. The molecule has 0 radical (unpaired) electrons. The Balaban J connectivity index is 1.99. The molecule has 0 spiro atoms. The Bertz CT molecular complexity index is 1420. The normalized spacial score (nSPS) is 13.6. The van der Waals surface area contributed by atoms with Crippen LogP contribution in [-0.4, -0.2) is 21.8 Å². The van der Waals surface area contributed by atoms with Crippen molar-refractivity contribution in [3.05, 3.63) is 69.5 Å². The molecule has 0 saturated heterocycles. The van der Waals surface area contributed by atoms with Crippen molar-refractivity contribution >= 4 is 22.4 Å². The number of benzene rings is 2. The van der Waals surface area contributed by atoms with Crippen LogP contribution in [0.15, 0.2) is 45.7 Å². The fraction of sp³-hybridized carbons (Fsp3) is 0.320. The van der Waals surface area contributed by atoms with E-state index in [1.54, 1.807) is 6.92 Å². The monoisotopic (exact) mass is 490 g/mol. The number of alkyl halides is 3. The minimum atomic E-state index is -4.78. The van der Waals surface area contributed by atoms with Gasteiger partial charge in [0.05, 0.1) is 16.6 Å². The zero-order chi connectivity index (χ0) is 26.2. The smallest absolute Gasteiger partial charge is 0.369 e. The van der Waals surface area contributed by atoms with Crippen LogP contribution < -0.4 is 10.9 Å². The Hall–Kier alpha value is -3.71. The highest BCUT2D eigenvalue weighted by atomic mass is 19.4. The van der Waals surface area contributed by atoms with E-state index >= 15 is 0 Å². The van der Waals surface area contributed by atoms with Crippen LogP contribution in [0, 0.1) is 24.6 Å². The fourth-order valence-electron chi connectivity index (χ4n) is 3.99. The van der Waals surface area contributed by atoms with Gasteiger partial charge in [0.15, 0.2) is 0 Å². The van der Waals surface area contributed by atoms with Gasteiger partial charge in [-0.3, -0.25) is 4.79 Å². The highest BCUT2D eigenvalue weighted by Crippen LogP contribution is 2.41. The van der Waals surface area contributed by atoms with Gasteiger partial charge in [-0.15, -0.1) is 5.92 Å². The maximum absolute atomic E-state index is 13.9. The summed E-state index contributed by atoms with van der Waals surface area (Å²) in [6, 6.07) is 6.32. The molecule has 1 atom stereocenters. The van der Waals surface area contributed by atoms with Gasteiger partial charge in [-0.05, 0) is 61.2 Å². The third-order valence-electron chi connectivity index (χ3n) is 5.57. The van der Waals surface area contributed by atoms with Crippen LogP contribution in [0.5, 0.6) is 0 Å². The lowest BCUT2D eigenvalue weighted by atomic mass is 9.73. The molecule has 0 aliphatic heterocycles. The summed E-state index contributed by atoms with van der Waals surface area (Å²) in [4.78, 5) is 25.0. The molecule has 35 heavy (non-hydrogen) atoms. The molecule has 0 aliphatic carbocycles. The van der Waals surface area contributed by atoms with E-state index < -0.39 is 52.1 Å². The number of aromatic nitrogens is 1. The number of carbonyl (C=O) groups is 1. The van der Waals surface area contributed by atoms with Crippen molar-refractivity contribution < 1.29 is 32.0 Å². The lowest BCUT2D eigenvalue weighted by Gasteiger charge is -2.34. The van der Waals surface area contributed by atoms with Crippen molar-refractivity contribution in [2.45, 2.75) is 51.3 Å². The molecule has 0 saturated carbocycles. The van der Waals surface area contributed by atoms with Crippen LogP contribution in [0.2, 0.25) is 0 Å². The number of aliphatic hydroxyl groups is 1. The first-order chi connectivity index (χ1) is 16.2. The molecule has 0 fully saturated rings. The summed E-state index contributed by atoms with van der Waals surface area (Å²) in [5.41, 5.74) is -5.55. The molecule has 2 aromatic carbocycles. The number of nitrogens with one attached hydrogen (secondary N) is 1. The summed E-state index contributed by atoms with van der Waals surface area (Å²) in [7, 11) is 0. The second-order valence-corrected chi connectivity index (χ2v) is 8.75. The second-order valence-electron chi connectivity index (χ2n) is 8.75. The fourth-order valence-corrected chi connectivity index (χ4v) is 3.99. The number of rotatable bonds is 5. The van der Waals surface area contributed by atoms with E-state index in [0.717, 1.165) is 6.07 Å². The van der Waals surface area contributed by atoms with Crippen molar-refractivity contribution in [2.24, 2.45) is 0 Å². The van der Waals surface area contributed by atoms with Crippen LogP contribution in [0.1, 0.15) is 44.0 Å². The van der Waals surface area contributed by atoms with Crippen molar-refractivity contribution in [1.29, 1.82) is 0 Å². The Morgan fingerprint density at radius 1 is 1.11 bits per heavy atom. The van der Waals surface area contributed by atoms with Gasteiger partial charge in [-0.1, -0.05) is 24.9 Å². The van der Waals surface area contributed by atoms with E-state index in [-0.39, 0.29) is 11.1 Å². The number of nitrogens with zero attached hydrogens (tertiary/aromatic N) is 1. The predicted octanol–water partition coefficient (Wildman–Crippen LogP) is 4.72. The third-order valence-corrected chi connectivity index (χ3v) is 5.57. The second kappa shape index (κ2) is 9.15. The number of hydrogen-bond acceptors (Lipinski definition) is 5. The number of hydrogen-bond donors (Lipinski definition) is 2. The van der Waals surface area contributed by atoms with Crippen molar-refractivity contribution in [3.63, 3.8) is 0 Å². The Morgan fingerprint density at radius 3 is 2.43 bits per heavy atom. The molecule has 0 aliphatic rings. The molecule has 2 N–H and O–H groups in total. The van der Waals surface area contributed by atoms with Crippen LogP contribution in [-0.2, 0) is 16.4 Å². The summed E-state index contributed by atoms with van der Waals surface area (Å²) in [5, 5.41) is 17.9. The third kappa shape index (κ3) is 5.35. The quantitative estimate of drug-likeness (QED) is 0.399. The van der Waals surface area contributed by atoms with E-state index in [4.69, 9.17) is 0 Å². The topological polar surface area (TPSA) is 92.4 Å². The van der Waals surface area contributed by atoms with Gasteiger partial charge in [0.2, 0.25) is 5.60 Å². The average molecular weight is 490 g/mol. The van der Waals surface area contributed by atoms with Crippen LogP contribution >= 0.6 is 0 Å². The number of halogens is 4. The minimum Gasteiger partial charge on any atom is -0.369 e. The van der Waals surface area contributed by atoms with Crippen molar-refractivity contribution in [1.82, 2.24) is 5.16 Å². The van der Waals surface area contributed by atoms with Gasteiger partial charge in [0.25, 0.3) is 5.91 Å². The summed E-state index contributed by atoms with van der Waals surface area (Å²) >= 11 is 0. The standard InChI is InChI=1S/C25H22F4N2O4/c1-5-10-24(34,13-23(3,4)20-11-15(26)6-9-19(20)25(27,28)29)22(33)30-16-7-8-17-18(12-16)14(2)31-35-21(17)32/h6-9,11-12,34H,13H2,1-4H3,(H,30,33). The predicted molar refractivity (Wildman–Crippen MR) is 121 cm³/mol. The molecule has 0 bridgehead atoms. The Morgan fingerprint density at radius 2 is 1.80 bits per heavy atom. The van der Waals surface area contributed by atoms with E-state index in [0.29, 0.717) is 23.2 Å². The molecular formula is C25H22F4N2O4. The Kier molecular flexibility index (Phi) is 6.77. The number of amides is 1. The van der Waals surface area contributed by atoms with E-state index in [2.05, 4.69) is 26.8 Å². The molecule has 1 amide bonds. The number of fused-ring (bicyclic) bond motifs is 1. The van der Waals surface area contributed by atoms with Gasteiger partial charge in [-0.25, -0.2) is 9.18 Å². The van der Waals surface area contributed by atoms with Crippen LogP contribution in [0.3, 0.4) is 0 Å². The lowest BCUT2D eigenvalue weighted by Crippen LogP contribution is -2.46. The molecule has 184 valence electrons. The molecule has 3 aromatic rings. The first-order valence-corrected chi connectivity index (χ1v) is 10.4. The summed E-state index contributed by atoms with van der Waals surface area (Å²) < 4.78 is 59.4. The van der Waals surface area contributed by atoms with Crippen LogP contribution in [0.4, 0.5) is 23.2 Å². The van der Waals surface area contributed by atoms with E-state index in [1.807, 2.05) is 0 Å². The summed E-state index contributed by atoms with van der Waals surface area (Å²) in [5.74, 6) is 2.92. The molecule has 6 nitrogen and oxygen atoms in total. The number of aryl methyl sites for hydroxylation is 1. The summed E-state index contributed by atoms with van der Waals surface area (Å²) in [6.45, 7) is 5.67. The van der Waals surface area contributed by atoms with Gasteiger partial charge in [0.1, 0.15) is 5.82 Å². The van der Waals surface area contributed by atoms with Gasteiger partial charge in [0, 0.05) is 17.5 Å². The zero-order valence-electron chi connectivity index (χ0n) is 19.3. The zero-order valence-corrected chi connectivity index (χ0v) is 19.3. The van der Waals surface area contributed by atoms with Gasteiger partial charge >= 0.3 is 11.8 Å². The average Bonchev–Trinajstić information content (AvgIpc) is 2.75. The van der Waals surface area contributed by atoms with Crippen molar-refractivity contribution in [3.8, 4) is 11.8 Å². The molecule has 10 heteroatoms. The molecule has 1 heterocycles. The first kappa shape index (κ1) is 25.9. The lowest BCUT2D eigenvalue weighted by molar-refractivity contribution is -0.139. The molecule has 1 unspecified atom stereocenters. The summed E-state index contributed by atoms with van der Waals surface area (Å²) in [6.07, 6.45) is -5.35. The number of carbonyl (C=O) groups excluding carboxylic acids is 1. The van der Waals surface area contributed by atoms with Crippen LogP contribution in [0.25, 0.3) is 10.8 Å². The first-order valence-electron chi connectivity index (χ1n) is 10.4. The van der Waals surface area contributed by atoms with Crippen molar-refractivity contribution in [2.75, 3.05) is 5.32 Å².